The van der Waals surface area contributed by atoms with E-state index in [1.54, 1.807) is 0 Å². The third-order valence-electron chi connectivity index (χ3n) is 12.9. The minimum atomic E-state index is -0.0647. The first-order valence-electron chi connectivity index (χ1n) is 17.0. The highest BCUT2D eigenvalue weighted by Gasteiger charge is 2.51. The molecule has 0 saturated heterocycles. The molecule has 7 atom stereocenters. The molecule has 0 aromatic heterocycles. The number of aliphatic hydroxyl groups is 1. The van der Waals surface area contributed by atoms with Crippen molar-refractivity contribution in [3.05, 3.63) is 23.3 Å². The van der Waals surface area contributed by atoms with E-state index in [-0.39, 0.29) is 6.10 Å². The van der Waals surface area contributed by atoms with E-state index in [9.17, 15) is 5.11 Å². The molecule has 0 aliphatic heterocycles. The fourth-order valence-electron chi connectivity index (χ4n) is 10.1. The van der Waals surface area contributed by atoms with E-state index >= 15 is 0 Å². The van der Waals surface area contributed by atoms with Crippen molar-refractivity contribution in [1.82, 2.24) is 0 Å². The molecule has 1 nitrogen and oxygen atoms in total. The Morgan fingerprint density at radius 3 is 2.45 bits per heavy atom. The molecule has 218 valence electrons. The number of hydrogen-bond donors (Lipinski definition) is 1. The van der Waals surface area contributed by atoms with Crippen molar-refractivity contribution in [2.45, 2.75) is 164 Å². The number of rotatable bonds is 8. The van der Waals surface area contributed by atoms with Gasteiger partial charge in [-0.25, -0.2) is 0 Å². The Bertz CT molecular complexity index is 847. The van der Waals surface area contributed by atoms with Gasteiger partial charge in [0.05, 0.1) is 6.10 Å². The summed E-state index contributed by atoms with van der Waals surface area (Å²) in [4.78, 5) is 0. The van der Waals surface area contributed by atoms with Gasteiger partial charge in [0.15, 0.2) is 0 Å². The summed E-state index contributed by atoms with van der Waals surface area (Å²) in [6.45, 7) is 21.9. The molecule has 0 heterocycles. The van der Waals surface area contributed by atoms with Crippen LogP contribution in [0.4, 0.5) is 0 Å². The lowest BCUT2D eigenvalue weighted by Gasteiger charge is -2.56. The summed E-state index contributed by atoms with van der Waals surface area (Å²) < 4.78 is 0. The largest absolute Gasteiger partial charge is 0.393 e. The maximum atomic E-state index is 10.6. The average molecular weight is 525 g/mol. The summed E-state index contributed by atoms with van der Waals surface area (Å²) in [5, 5.41) is 10.6. The second-order valence-corrected chi connectivity index (χ2v) is 16.0. The fourth-order valence-corrected chi connectivity index (χ4v) is 10.1. The van der Waals surface area contributed by atoms with Crippen molar-refractivity contribution in [1.29, 1.82) is 0 Å². The minimum Gasteiger partial charge on any atom is -0.393 e. The predicted octanol–water partition coefficient (Wildman–Crippen LogP) is 11.1. The highest BCUT2D eigenvalue weighted by molar-refractivity contribution is 5.33. The lowest BCUT2D eigenvalue weighted by molar-refractivity contribution is 0.0114. The molecule has 1 heteroatoms. The maximum absolute atomic E-state index is 10.6. The molecule has 4 aliphatic rings. The molecular formula is C37H64O. The van der Waals surface area contributed by atoms with Gasteiger partial charge in [0, 0.05) is 0 Å². The SMILES string of the molecule is C=C(CCC(C)C1CC2CCCC(CCCC)(C2)C2=C(CCC1(C)C)C1(C)CCC(O)CC1CC2)C(C)C. The first kappa shape index (κ1) is 30.4. The van der Waals surface area contributed by atoms with Crippen LogP contribution in [0.1, 0.15) is 158 Å². The highest BCUT2D eigenvalue weighted by Crippen LogP contribution is 2.63. The van der Waals surface area contributed by atoms with E-state index in [0.29, 0.717) is 28.1 Å². The van der Waals surface area contributed by atoms with Crippen LogP contribution in [-0.4, -0.2) is 11.2 Å². The van der Waals surface area contributed by atoms with E-state index in [1.807, 2.05) is 11.1 Å². The summed E-state index contributed by atoms with van der Waals surface area (Å²) in [7, 11) is 0. The second kappa shape index (κ2) is 12.1. The van der Waals surface area contributed by atoms with Gasteiger partial charge in [0.2, 0.25) is 0 Å². The van der Waals surface area contributed by atoms with Crippen LogP contribution >= 0.6 is 0 Å². The van der Waals surface area contributed by atoms with Crippen molar-refractivity contribution in [2.24, 2.45) is 45.8 Å². The highest BCUT2D eigenvalue weighted by atomic mass is 16.3. The van der Waals surface area contributed by atoms with Crippen molar-refractivity contribution < 1.29 is 5.11 Å². The van der Waals surface area contributed by atoms with Gasteiger partial charge < -0.3 is 5.11 Å². The lowest BCUT2D eigenvalue weighted by Crippen LogP contribution is -2.45. The third kappa shape index (κ3) is 6.19. The molecule has 38 heavy (non-hydrogen) atoms. The van der Waals surface area contributed by atoms with Gasteiger partial charge in [0.1, 0.15) is 0 Å². The van der Waals surface area contributed by atoms with E-state index in [0.717, 1.165) is 30.6 Å². The summed E-state index contributed by atoms with van der Waals surface area (Å²) in [5.41, 5.74) is 6.48. The van der Waals surface area contributed by atoms with Crippen LogP contribution in [0.2, 0.25) is 0 Å². The average Bonchev–Trinajstić information content (AvgIpc) is 2.87. The van der Waals surface area contributed by atoms with Crippen LogP contribution in [0.3, 0.4) is 0 Å². The lowest BCUT2D eigenvalue weighted by atomic mass is 9.49. The number of fused-ring (bicyclic) bond motifs is 5. The van der Waals surface area contributed by atoms with E-state index < -0.39 is 0 Å². The Balaban J connectivity index is 1.72. The topological polar surface area (TPSA) is 20.2 Å². The van der Waals surface area contributed by atoms with Crippen molar-refractivity contribution in [2.75, 3.05) is 0 Å². The molecule has 2 fully saturated rings. The Morgan fingerprint density at radius 1 is 0.974 bits per heavy atom. The van der Waals surface area contributed by atoms with Gasteiger partial charge in [-0.15, -0.1) is 0 Å². The fraction of sp³-hybridized carbons (Fsp3) is 0.892. The van der Waals surface area contributed by atoms with Crippen LogP contribution in [-0.2, 0) is 0 Å². The normalized spacial score (nSPS) is 38.3. The molecule has 4 aliphatic carbocycles. The minimum absolute atomic E-state index is 0.0647. The molecule has 0 spiro atoms. The number of hydrogen-bond acceptors (Lipinski definition) is 1. The second-order valence-electron chi connectivity index (χ2n) is 16.0. The molecular weight excluding hydrogens is 460 g/mol. The summed E-state index contributed by atoms with van der Waals surface area (Å²) in [6, 6.07) is 0. The van der Waals surface area contributed by atoms with Gasteiger partial charge in [-0.2, -0.15) is 0 Å². The zero-order chi connectivity index (χ0) is 27.7. The molecule has 1 N–H and O–H groups in total. The Morgan fingerprint density at radius 2 is 1.74 bits per heavy atom. The standard InChI is InChI=1S/C37H64O/c1-9-10-19-37-20-11-12-29(25-37)23-34(28(5)14-13-27(4)26(2)3)35(6,7)21-18-32-33(37)16-15-30-24-31(38)17-22-36(30,32)8/h26,28-31,34,38H,4,9-25H2,1-3,5-8H3. The zero-order valence-corrected chi connectivity index (χ0v) is 26.6. The molecule has 0 aromatic carbocycles. The summed E-state index contributed by atoms with van der Waals surface area (Å²) >= 11 is 0. The molecule has 0 amide bonds. The van der Waals surface area contributed by atoms with Gasteiger partial charge in [-0.1, -0.05) is 97.4 Å². The summed E-state index contributed by atoms with van der Waals surface area (Å²) in [5.74, 6) is 3.76. The van der Waals surface area contributed by atoms with Gasteiger partial charge >= 0.3 is 0 Å². The van der Waals surface area contributed by atoms with Crippen LogP contribution in [0.15, 0.2) is 23.3 Å². The van der Waals surface area contributed by atoms with E-state index in [2.05, 4.69) is 55.0 Å². The zero-order valence-electron chi connectivity index (χ0n) is 26.6. The van der Waals surface area contributed by atoms with Gasteiger partial charge in [-0.05, 0) is 129 Å². The first-order valence-corrected chi connectivity index (χ1v) is 17.0. The predicted molar refractivity (Wildman–Crippen MR) is 165 cm³/mol. The van der Waals surface area contributed by atoms with Crippen LogP contribution < -0.4 is 0 Å². The molecule has 2 saturated carbocycles. The van der Waals surface area contributed by atoms with E-state index in [1.165, 1.54) is 102 Å². The van der Waals surface area contributed by atoms with Crippen molar-refractivity contribution in [3.8, 4) is 0 Å². The van der Waals surface area contributed by atoms with Crippen molar-refractivity contribution >= 4 is 0 Å². The van der Waals surface area contributed by atoms with Crippen LogP contribution in [0.5, 0.6) is 0 Å². The molecule has 0 aromatic rings. The van der Waals surface area contributed by atoms with E-state index in [4.69, 9.17) is 0 Å². The van der Waals surface area contributed by atoms with Crippen LogP contribution in [0, 0.1) is 45.8 Å². The Labute approximate surface area is 237 Å². The Kier molecular flexibility index (Phi) is 9.70. The molecule has 0 radical (unpaired) electrons. The maximum Gasteiger partial charge on any atom is 0.0543 e. The van der Waals surface area contributed by atoms with Gasteiger partial charge in [0.25, 0.3) is 0 Å². The quantitative estimate of drug-likeness (QED) is 0.313. The smallest absolute Gasteiger partial charge is 0.0543 e. The van der Waals surface area contributed by atoms with Crippen LogP contribution in [0.25, 0.3) is 0 Å². The molecule has 7 unspecified atom stereocenters. The number of aliphatic hydroxyl groups excluding tert-OH is 1. The monoisotopic (exact) mass is 524 g/mol. The molecule has 4 rings (SSSR count). The van der Waals surface area contributed by atoms with Gasteiger partial charge in [-0.3, -0.25) is 0 Å². The summed E-state index contributed by atoms with van der Waals surface area (Å²) in [6.07, 6.45) is 22.4. The first-order chi connectivity index (χ1) is 17.9. The van der Waals surface area contributed by atoms with Crippen molar-refractivity contribution in [3.63, 3.8) is 0 Å². The number of allylic oxidation sites excluding steroid dienone is 3. The Hall–Kier alpha value is -0.560. The molecule has 2 bridgehead atoms. The number of unbranched alkanes of at least 4 members (excludes halogenated alkanes) is 1. The third-order valence-corrected chi connectivity index (χ3v) is 12.9.